The van der Waals surface area contributed by atoms with Gasteiger partial charge in [-0.05, 0) is 17.9 Å². The van der Waals surface area contributed by atoms with E-state index in [9.17, 15) is 4.79 Å². The number of likely N-dealkylation sites (tertiary alicyclic amines) is 1. The number of amides is 1. The lowest BCUT2D eigenvalue weighted by molar-refractivity contribution is 0.0790. The fourth-order valence-electron chi connectivity index (χ4n) is 2.82. The average Bonchev–Trinajstić information content (AvgIpc) is 3.35. The maximum atomic E-state index is 12.4. The highest BCUT2D eigenvalue weighted by Crippen LogP contribution is 2.28. The number of rotatable bonds is 3. The van der Waals surface area contributed by atoms with E-state index < -0.39 is 0 Å². The Morgan fingerprint density at radius 3 is 2.91 bits per heavy atom. The lowest BCUT2D eigenvalue weighted by Crippen LogP contribution is -2.28. The Morgan fingerprint density at radius 2 is 2.13 bits per heavy atom. The predicted molar refractivity (Wildman–Crippen MR) is 87.3 cm³/mol. The van der Waals surface area contributed by atoms with Gasteiger partial charge in [0.15, 0.2) is 0 Å². The lowest BCUT2D eigenvalue weighted by Gasteiger charge is -2.14. The van der Waals surface area contributed by atoms with Gasteiger partial charge in [0.1, 0.15) is 0 Å². The summed E-state index contributed by atoms with van der Waals surface area (Å²) in [7, 11) is 0. The molecule has 0 N–H and O–H groups in total. The lowest BCUT2D eigenvalue weighted by atomic mass is 10.1. The van der Waals surface area contributed by atoms with E-state index in [-0.39, 0.29) is 11.8 Å². The van der Waals surface area contributed by atoms with Gasteiger partial charge in [0.05, 0.1) is 11.5 Å². The molecule has 1 saturated heterocycles. The molecule has 0 aliphatic carbocycles. The second kappa shape index (κ2) is 5.96. The Bertz CT molecular complexity index is 798. The zero-order valence-corrected chi connectivity index (χ0v) is 13.2. The van der Waals surface area contributed by atoms with E-state index in [0.717, 1.165) is 24.1 Å². The highest BCUT2D eigenvalue weighted by molar-refractivity contribution is 7.08. The molecule has 1 aromatic carbocycles. The number of nitrogens with zero attached hydrogens (tertiary/aromatic N) is 3. The van der Waals surface area contributed by atoms with Gasteiger partial charge in [0.25, 0.3) is 5.91 Å². The molecular formula is C17H15N3O2S. The number of benzene rings is 1. The first-order chi connectivity index (χ1) is 11.3. The van der Waals surface area contributed by atoms with Crippen LogP contribution in [0.4, 0.5) is 0 Å². The molecule has 2 aromatic heterocycles. The quantitative estimate of drug-likeness (QED) is 0.740. The van der Waals surface area contributed by atoms with Crippen LogP contribution in [-0.2, 0) is 0 Å². The van der Waals surface area contributed by atoms with Crippen molar-refractivity contribution in [3.8, 4) is 11.4 Å². The molecule has 116 valence electrons. The van der Waals surface area contributed by atoms with Crippen LogP contribution in [0.2, 0.25) is 0 Å². The average molecular weight is 325 g/mol. The third-order valence-electron chi connectivity index (χ3n) is 4.07. The van der Waals surface area contributed by atoms with Crippen LogP contribution < -0.4 is 0 Å². The first-order valence-corrected chi connectivity index (χ1v) is 8.46. The summed E-state index contributed by atoms with van der Waals surface area (Å²) in [5.41, 5.74) is 1.69. The molecule has 0 radical (unpaired) electrons. The smallest absolute Gasteiger partial charge is 0.254 e. The summed E-state index contributed by atoms with van der Waals surface area (Å²) in [6, 6.07) is 11.6. The molecule has 0 spiro atoms. The predicted octanol–water partition coefficient (Wildman–Crippen LogP) is 3.43. The van der Waals surface area contributed by atoms with Gasteiger partial charge < -0.3 is 9.42 Å². The molecule has 0 unspecified atom stereocenters. The van der Waals surface area contributed by atoms with Gasteiger partial charge in [-0.2, -0.15) is 16.3 Å². The second-order valence-electron chi connectivity index (χ2n) is 5.57. The summed E-state index contributed by atoms with van der Waals surface area (Å²) in [6.45, 7) is 1.35. The fourth-order valence-corrected chi connectivity index (χ4v) is 3.45. The van der Waals surface area contributed by atoms with Crippen LogP contribution in [-0.4, -0.2) is 34.0 Å². The van der Waals surface area contributed by atoms with Crippen LogP contribution in [0.5, 0.6) is 0 Å². The largest absolute Gasteiger partial charge is 0.339 e. The van der Waals surface area contributed by atoms with Crippen LogP contribution in [0.3, 0.4) is 0 Å². The monoisotopic (exact) mass is 325 g/mol. The number of aromatic nitrogens is 2. The Balaban J connectivity index is 1.48. The van der Waals surface area contributed by atoms with Gasteiger partial charge in [-0.3, -0.25) is 4.79 Å². The van der Waals surface area contributed by atoms with Crippen molar-refractivity contribution in [2.75, 3.05) is 13.1 Å². The number of thiophene rings is 1. The van der Waals surface area contributed by atoms with E-state index >= 15 is 0 Å². The fraction of sp³-hybridized carbons (Fsp3) is 0.235. The molecular weight excluding hydrogens is 310 g/mol. The molecule has 1 aliphatic heterocycles. The van der Waals surface area contributed by atoms with Crippen LogP contribution in [0.1, 0.15) is 28.6 Å². The van der Waals surface area contributed by atoms with Gasteiger partial charge in [-0.15, -0.1) is 0 Å². The molecule has 3 aromatic rings. The van der Waals surface area contributed by atoms with E-state index in [1.807, 2.05) is 52.1 Å². The Kier molecular flexibility index (Phi) is 3.67. The third-order valence-corrected chi connectivity index (χ3v) is 4.75. The van der Waals surface area contributed by atoms with Crippen molar-refractivity contribution in [3.63, 3.8) is 0 Å². The summed E-state index contributed by atoms with van der Waals surface area (Å²) >= 11 is 1.54. The maximum Gasteiger partial charge on any atom is 0.254 e. The molecule has 1 amide bonds. The molecule has 3 heterocycles. The summed E-state index contributed by atoms with van der Waals surface area (Å²) in [5, 5.41) is 7.87. The number of carbonyl (C=O) groups excluding carboxylic acids is 1. The molecule has 1 aliphatic rings. The Labute approximate surface area is 137 Å². The van der Waals surface area contributed by atoms with Crippen LogP contribution in [0.25, 0.3) is 11.4 Å². The van der Waals surface area contributed by atoms with Crippen LogP contribution in [0.15, 0.2) is 51.7 Å². The van der Waals surface area contributed by atoms with Crippen molar-refractivity contribution in [2.24, 2.45) is 0 Å². The van der Waals surface area contributed by atoms with Crippen molar-refractivity contribution in [1.82, 2.24) is 15.0 Å². The number of carbonyl (C=O) groups is 1. The topological polar surface area (TPSA) is 59.2 Å². The highest BCUT2D eigenvalue weighted by atomic mass is 32.1. The normalized spacial score (nSPS) is 17.6. The first kappa shape index (κ1) is 14.1. The molecule has 0 bridgehead atoms. The SMILES string of the molecule is O=C(c1ccsc1)N1CC[C@@H](c2nc(-c3ccccc3)no2)C1. The molecule has 23 heavy (non-hydrogen) atoms. The first-order valence-electron chi connectivity index (χ1n) is 7.52. The van der Waals surface area contributed by atoms with Gasteiger partial charge >= 0.3 is 0 Å². The standard InChI is InChI=1S/C17H15N3O2S/c21-17(14-7-9-23-11-14)20-8-6-13(10-20)16-18-15(19-22-16)12-4-2-1-3-5-12/h1-5,7,9,11,13H,6,8,10H2/t13-/m1/s1. The van der Waals surface area contributed by atoms with E-state index in [1.165, 1.54) is 11.3 Å². The van der Waals surface area contributed by atoms with Gasteiger partial charge in [0, 0.05) is 24.0 Å². The van der Waals surface area contributed by atoms with Crippen molar-refractivity contribution >= 4 is 17.2 Å². The van der Waals surface area contributed by atoms with Gasteiger partial charge in [-0.1, -0.05) is 35.5 Å². The maximum absolute atomic E-state index is 12.4. The molecule has 6 heteroatoms. The summed E-state index contributed by atoms with van der Waals surface area (Å²) in [5.74, 6) is 1.41. The minimum absolute atomic E-state index is 0.0801. The number of hydrogen-bond acceptors (Lipinski definition) is 5. The second-order valence-corrected chi connectivity index (χ2v) is 6.35. The van der Waals surface area contributed by atoms with E-state index in [4.69, 9.17) is 4.52 Å². The van der Waals surface area contributed by atoms with Crippen LogP contribution >= 0.6 is 11.3 Å². The number of hydrogen-bond donors (Lipinski definition) is 0. The zero-order chi connectivity index (χ0) is 15.6. The van der Waals surface area contributed by atoms with Gasteiger partial charge in [-0.25, -0.2) is 0 Å². The van der Waals surface area contributed by atoms with Gasteiger partial charge in [0.2, 0.25) is 11.7 Å². The summed E-state index contributed by atoms with van der Waals surface area (Å²) in [4.78, 5) is 18.7. The third kappa shape index (κ3) is 2.77. The van der Waals surface area contributed by atoms with Crippen LogP contribution in [0, 0.1) is 0 Å². The Morgan fingerprint density at radius 1 is 1.26 bits per heavy atom. The Hall–Kier alpha value is -2.47. The minimum Gasteiger partial charge on any atom is -0.339 e. The molecule has 1 atom stereocenters. The molecule has 0 saturated carbocycles. The molecule has 5 nitrogen and oxygen atoms in total. The zero-order valence-electron chi connectivity index (χ0n) is 12.4. The van der Waals surface area contributed by atoms with E-state index in [2.05, 4.69) is 10.1 Å². The summed E-state index contributed by atoms with van der Waals surface area (Å²) in [6.07, 6.45) is 0.853. The van der Waals surface area contributed by atoms with E-state index in [1.54, 1.807) is 0 Å². The molecule has 4 rings (SSSR count). The molecule has 1 fully saturated rings. The van der Waals surface area contributed by atoms with Crippen molar-refractivity contribution in [3.05, 3.63) is 58.6 Å². The van der Waals surface area contributed by atoms with Crippen molar-refractivity contribution in [1.29, 1.82) is 0 Å². The van der Waals surface area contributed by atoms with Crippen molar-refractivity contribution in [2.45, 2.75) is 12.3 Å². The summed E-state index contributed by atoms with van der Waals surface area (Å²) < 4.78 is 5.42. The van der Waals surface area contributed by atoms with E-state index in [0.29, 0.717) is 18.3 Å². The minimum atomic E-state index is 0.0801. The highest BCUT2D eigenvalue weighted by Gasteiger charge is 2.31. The van der Waals surface area contributed by atoms with Crippen molar-refractivity contribution < 1.29 is 9.32 Å².